The molecule has 1 amide bonds. The number of carbonyl (C=O) groups is 1. The minimum absolute atomic E-state index is 0.265. The van der Waals surface area contributed by atoms with Crippen LogP contribution in [0.5, 0.6) is 0 Å². The molecule has 0 unspecified atom stereocenters. The molecule has 1 aromatic rings. The summed E-state index contributed by atoms with van der Waals surface area (Å²) < 4.78 is 0. The quantitative estimate of drug-likeness (QED) is 0.842. The average molecular weight is 299 g/mol. The molecule has 3 heterocycles. The number of carbonyl (C=O) groups excluding carboxylic acids is 1. The Hall–Kier alpha value is -1.39. The van der Waals surface area contributed by atoms with E-state index in [1.54, 1.807) is 0 Å². The van der Waals surface area contributed by atoms with E-state index in [1.165, 1.54) is 31.7 Å². The normalized spacial score (nSPS) is 28.4. The third-order valence-corrected chi connectivity index (χ3v) is 5.53. The van der Waals surface area contributed by atoms with Gasteiger partial charge in [-0.2, -0.15) is 0 Å². The number of amides is 1. The van der Waals surface area contributed by atoms with Gasteiger partial charge in [0, 0.05) is 38.4 Å². The van der Waals surface area contributed by atoms with Gasteiger partial charge in [-0.1, -0.05) is 18.2 Å². The van der Waals surface area contributed by atoms with Gasteiger partial charge in [0.15, 0.2) is 0 Å². The molecule has 4 rings (SSSR count). The molecular weight excluding hydrogens is 274 g/mol. The maximum atomic E-state index is 12.2. The third kappa shape index (κ3) is 2.55. The summed E-state index contributed by atoms with van der Waals surface area (Å²) in [4.78, 5) is 19.2. The molecule has 0 N–H and O–H groups in total. The first-order chi connectivity index (χ1) is 10.7. The van der Waals surface area contributed by atoms with Crippen LogP contribution < -0.4 is 4.90 Å². The Balaban J connectivity index is 1.29. The van der Waals surface area contributed by atoms with Crippen LogP contribution in [-0.4, -0.2) is 62.0 Å². The van der Waals surface area contributed by atoms with Crippen molar-refractivity contribution in [2.45, 2.75) is 12.8 Å². The predicted octanol–water partition coefficient (Wildman–Crippen LogP) is 1.46. The van der Waals surface area contributed by atoms with Gasteiger partial charge in [0.05, 0.1) is 6.42 Å². The lowest BCUT2D eigenvalue weighted by Crippen LogP contribution is -2.32. The number of anilines is 1. The lowest BCUT2D eigenvalue weighted by molar-refractivity contribution is -0.117. The van der Waals surface area contributed by atoms with Crippen LogP contribution in [0.2, 0.25) is 0 Å². The number of nitrogens with zero attached hydrogens (tertiary/aromatic N) is 3. The van der Waals surface area contributed by atoms with Crippen LogP contribution in [0.4, 0.5) is 5.69 Å². The van der Waals surface area contributed by atoms with Crippen LogP contribution in [0.25, 0.3) is 0 Å². The van der Waals surface area contributed by atoms with Crippen molar-refractivity contribution in [1.29, 1.82) is 0 Å². The van der Waals surface area contributed by atoms with Crippen molar-refractivity contribution in [3.63, 3.8) is 0 Å². The molecule has 1 aromatic carbocycles. The van der Waals surface area contributed by atoms with Gasteiger partial charge < -0.3 is 14.7 Å². The van der Waals surface area contributed by atoms with Crippen molar-refractivity contribution < 1.29 is 4.79 Å². The Kier molecular flexibility index (Phi) is 3.66. The van der Waals surface area contributed by atoms with Gasteiger partial charge >= 0.3 is 0 Å². The van der Waals surface area contributed by atoms with Crippen molar-refractivity contribution in [2.75, 3.05) is 51.2 Å². The third-order valence-electron chi connectivity index (χ3n) is 5.53. The second-order valence-electron chi connectivity index (χ2n) is 7.21. The van der Waals surface area contributed by atoms with Gasteiger partial charge in [-0.15, -0.1) is 0 Å². The number of hydrogen-bond acceptors (Lipinski definition) is 3. The molecule has 2 saturated heterocycles. The fraction of sp³-hybridized carbons (Fsp3) is 0.611. The maximum Gasteiger partial charge on any atom is 0.231 e. The topological polar surface area (TPSA) is 26.8 Å². The molecule has 2 fully saturated rings. The van der Waals surface area contributed by atoms with Crippen LogP contribution in [0, 0.1) is 11.8 Å². The largest absolute Gasteiger partial charge is 0.312 e. The smallest absolute Gasteiger partial charge is 0.231 e. The second-order valence-corrected chi connectivity index (χ2v) is 7.21. The van der Waals surface area contributed by atoms with Crippen LogP contribution >= 0.6 is 0 Å². The molecule has 0 bridgehead atoms. The van der Waals surface area contributed by atoms with Crippen LogP contribution in [-0.2, 0) is 11.2 Å². The summed E-state index contributed by atoms with van der Waals surface area (Å²) in [5, 5.41) is 0. The first kappa shape index (κ1) is 14.2. The number of hydrogen-bond donors (Lipinski definition) is 0. The first-order valence-corrected chi connectivity index (χ1v) is 8.50. The maximum absolute atomic E-state index is 12.2. The van der Waals surface area contributed by atoms with Crippen molar-refractivity contribution >= 4 is 11.6 Å². The monoisotopic (exact) mass is 299 g/mol. The minimum atomic E-state index is 0.265. The van der Waals surface area contributed by atoms with Gasteiger partial charge in [0.2, 0.25) is 5.91 Å². The van der Waals surface area contributed by atoms with Crippen molar-refractivity contribution in [3.8, 4) is 0 Å². The Bertz CT molecular complexity index is 559. The highest BCUT2D eigenvalue weighted by Gasteiger charge is 2.38. The fourth-order valence-corrected chi connectivity index (χ4v) is 4.52. The summed E-state index contributed by atoms with van der Waals surface area (Å²) in [5.74, 6) is 2.01. The molecule has 0 saturated carbocycles. The van der Waals surface area contributed by atoms with E-state index >= 15 is 0 Å². The Morgan fingerprint density at radius 2 is 1.77 bits per heavy atom. The highest BCUT2D eigenvalue weighted by Crippen LogP contribution is 2.31. The highest BCUT2D eigenvalue weighted by molar-refractivity contribution is 6.01. The van der Waals surface area contributed by atoms with E-state index in [9.17, 15) is 4.79 Å². The number of fused-ring (bicyclic) bond motifs is 2. The SMILES string of the molecule is CN1C[C@@H]2CN(CCCN3C(=O)Cc4ccccc43)C[C@@H]2C1. The Labute approximate surface area is 132 Å². The molecule has 0 spiro atoms. The van der Waals surface area contributed by atoms with Crippen LogP contribution in [0.15, 0.2) is 24.3 Å². The molecule has 4 nitrogen and oxygen atoms in total. The lowest BCUT2D eigenvalue weighted by Gasteiger charge is -2.22. The summed E-state index contributed by atoms with van der Waals surface area (Å²) >= 11 is 0. The van der Waals surface area contributed by atoms with E-state index < -0.39 is 0 Å². The number of para-hydroxylation sites is 1. The fourth-order valence-electron chi connectivity index (χ4n) is 4.52. The molecule has 3 aliphatic heterocycles. The molecule has 0 aromatic heterocycles. The van der Waals surface area contributed by atoms with Gasteiger partial charge in [-0.05, 0) is 43.5 Å². The summed E-state index contributed by atoms with van der Waals surface area (Å²) in [6, 6.07) is 8.21. The lowest BCUT2D eigenvalue weighted by atomic mass is 10.0. The zero-order valence-electron chi connectivity index (χ0n) is 13.4. The van der Waals surface area contributed by atoms with Crippen LogP contribution in [0.3, 0.4) is 0 Å². The van der Waals surface area contributed by atoms with E-state index in [1.807, 2.05) is 17.0 Å². The zero-order chi connectivity index (χ0) is 15.1. The van der Waals surface area contributed by atoms with E-state index in [0.717, 1.165) is 37.0 Å². The molecular formula is C18H25N3O. The van der Waals surface area contributed by atoms with E-state index in [0.29, 0.717) is 6.42 Å². The highest BCUT2D eigenvalue weighted by atomic mass is 16.2. The van der Waals surface area contributed by atoms with Gasteiger partial charge in [-0.3, -0.25) is 4.79 Å². The van der Waals surface area contributed by atoms with Crippen LogP contribution in [0.1, 0.15) is 12.0 Å². The van der Waals surface area contributed by atoms with Crippen molar-refractivity contribution in [1.82, 2.24) is 9.80 Å². The Morgan fingerprint density at radius 1 is 1.05 bits per heavy atom. The average Bonchev–Trinajstić information content (AvgIpc) is 3.10. The molecule has 118 valence electrons. The molecule has 0 aliphatic carbocycles. The Morgan fingerprint density at radius 3 is 2.55 bits per heavy atom. The minimum Gasteiger partial charge on any atom is -0.312 e. The second kappa shape index (κ2) is 5.67. The van der Waals surface area contributed by atoms with Crippen molar-refractivity contribution in [2.24, 2.45) is 11.8 Å². The number of rotatable bonds is 4. The summed E-state index contributed by atoms with van der Waals surface area (Å²) in [5.41, 5.74) is 2.32. The summed E-state index contributed by atoms with van der Waals surface area (Å²) in [6.07, 6.45) is 1.66. The molecule has 3 aliphatic rings. The standard InChI is InChI=1S/C18H25N3O/c1-19-10-15-12-20(13-16(15)11-19)7-4-8-21-17-6-3-2-5-14(17)9-18(21)22/h2-3,5-6,15-16H,4,7-13H2,1H3/t15-,16+. The number of likely N-dealkylation sites (tertiary alicyclic amines) is 2. The zero-order valence-corrected chi connectivity index (χ0v) is 13.4. The van der Waals surface area contributed by atoms with E-state index in [-0.39, 0.29) is 5.91 Å². The molecule has 4 heteroatoms. The van der Waals surface area contributed by atoms with E-state index in [2.05, 4.69) is 29.0 Å². The number of benzene rings is 1. The molecule has 22 heavy (non-hydrogen) atoms. The summed E-state index contributed by atoms with van der Waals surface area (Å²) in [7, 11) is 2.24. The first-order valence-electron chi connectivity index (χ1n) is 8.50. The van der Waals surface area contributed by atoms with Gasteiger partial charge in [0.25, 0.3) is 0 Å². The van der Waals surface area contributed by atoms with Crippen molar-refractivity contribution in [3.05, 3.63) is 29.8 Å². The predicted molar refractivity (Wildman–Crippen MR) is 88.0 cm³/mol. The van der Waals surface area contributed by atoms with Gasteiger partial charge in [0.1, 0.15) is 0 Å². The van der Waals surface area contributed by atoms with Gasteiger partial charge in [-0.25, -0.2) is 0 Å². The summed E-state index contributed by atoms with van der Waals surface area (Å²) in [6.45, 7) is 7.02. The molecule has 2 atom stereocenters. The molecule has 0 radical (unpaired) electrons. The van der Waals surface area contributed by atoms with E-state index in [4.69, 9.17) is 0 Å².